The monoisotopic (exact) mass is 672 g/mol. The summed E-state index contributed by atoms with van der Waals surface area (Å²) in [5.41, 5.74) is 1.18. The van der Waals surface area contributed by atoms with Crippen LogP contribution in [0.2, 0.25) is 5.02 Å². The van der Waals surface area contributed by atoms with Crippen LogP contribution in [0.3, 0.4) is 0 Å². The van der Waals surface area contributed by atoms with Gasteiger partial charge in [-0.25, -0.2) is 4.57 Å². The van der Waals surface area contributed by atoms with E-state index in [1.54, 1.807) is 12.1 Å². The fourth-order valence-electron chi connectivity index (χ4n) is 4.41. The summed E-state index contributed by atoms with van der Waals surface area (Å²) >= 11 is 6.34. The minimum Gasteiger partial charge on any atom is -1.00 e. The van der Waals surface area contributed by atoms with Gasteiger partial charge in [-0.1, -0.05) is 102 Å². The summed E-state index contributed by atoms with van der Waals surface area (Å²) in [6, 6.07) is 9.46. The Hall–Kier alpha value is -1.54. The van der Waals surface area contributed by atoms with Crippen LogP contribution in [0.1, 0.15) is 102 Å². The van der Waals surface area contributed by atoms with E-state index in [0.29, 0.717) is 23.9 Å². The van der Waals surface area contributed by atoms with Crippen molar-refractivity contribution in [1.29, 1.82) is 0 Å². The molecule has 1 amide bonds. The number of carbonyl (C=O) groups excluding carboxylic acids is 1. The molecule has 1 aromatic heterocycles. The van der Waals surface area contributed by atoms with E-state index >= 15 is 0 Å². The van der Waals surface area contributed by atoms with Gasteiger partial charge in [-0.15, -0.1) is 0 Å². The molecule has 0 radical (unpaired) electrons. The van der Waals surface area contributed by atoms with Crippen molar-refractivity contribution in [2.45, 2.75) is 103 Å². The number of halogens is 2. The SMILES string of the molecule is CCCCCCCCCCCCCCCCOc1ccc(OCC(=O)NCCc2cc[n+](C)cc2)c(Cl)c1.[I-]. The molecule has 0 spiro atoms. The third kappa shape index (κ3) is 17.7. The third-order valence-electron chi connectivity index (χ3n) is 6.81. The summed E-state index contributed by atoms with van der Waals surface area (Å²) in [4.78, 5) is 12.1. The number of nitrogens with one attached hydrogen (secondary N) is 1. The van der Waals surface area contributed by atoms with Crippen LogP contribution in [-0.4, -0.2) is 25.7 Å². The molecule has 220 valence electrons. The lowest BCUT2D eigenvalue weighted by atomic mass is 10.0. The summed E-state index contributed by atoms with van der Waals surface area (Å²) in [5.74, 6) is 1.06. The number of hydrogen-bond acceptors (Lipinski definition) is 3. The fraction of sp³-hybridized carbons (Fsp3) is 0.625. The molecule has 1 heterocycles. The highest BCUT2D eigenvalue weighted by molar-refractivity contribution is 6.32. The molecule has 0 saturated carbocycles. The van der Waals surface area contributed by atoms with Crippen molar-refractivity contribution in [3.63, 3.8) is 0 Å². The van der Waals surface area contributed by atoms with Gasteiger partial charge in [0.15, 0.2) is 19.0 Å². The number of benzene rings is 1. The summed E-state index contributed by atoms with van der Waals surface area (Å²) in [5, 5.41) is 3.33. The number of rotatable bonds is 22. The fourth-order valence-corrected chi connectivity index (χ4v) is 4.64. The minimum atomic E-state index is -0.166. The Labute approximate surface area is 259 Å². The summed E-state index contributed by atoms with van der Waals surface area (Å²) in [6.07, 6.45) is 23.6. The highest BCUT2D eigenvalue weighted by atomic mass is 127. The van der Waals surface area contributed by atoms with E-state index in [1.807, 2.05) is 42.2 Å². The second-order valence-corrected chi connectivity index (χ2v) is 10.7. The first kappa shape index (κ1) is 35.5. The van der Waals surface area contributed by atoms with Crippen LogP contribution in [0.5, 0.6) is 11.5 Å². The number of aryl methyl sites for hydroxylation is 1. The number of unbranched alkanes of at least 4 members (excludes halogenated alkanes) is 13. The van der Waals surface area contributed by atoms with E-state index in [0.717, 1.165) is 18.6 Å². The zero-order chi connectivity index (χ0) is 27.3. The van der Waals surface area contributed by atoms with Gasteiger partial charge in [0.2, 0.25) is 0 Å². The Morgan fingerprint density at radius 3 is 1.95 bits per heavy atom. The maximum atomic E-state index is 12.1. The second-order valence-electron chi connectivity index (χ2n) is 10.3. The zero-order valence-electron chi connectivity index (χ0n) is 24.2. The summed E-state index contributed by atoms with van der Waals surface area (Å²) in [7, 11) is 1.98. The Kier molecular flexibility index (Phi) is 21.1. The second kappa shape index (κ2) is 23.2. The lowest BCUT2D eigenvalue weighted by molar-refractivity contribution is -0.671. The van der Waals surface area contributed by atoms with Gasteiger partial charge in [0.25, 0.3) is 5.91 Å². The molecule has 0 aliphatic heterocycles. The average molecular weight is 673 g/mol. The normalized spacial score (nSPS) is 10.6. The van der Waals surface area contributed by atoms with E-state index in [1.165, 1.54) is 89.0 Å². The van der Waals surface area contributed by atoms with Crippen LogP contribution >= 0.6 is 11.6 Å². The van der Waals surface area contributed by atoms with Crippen LogP contribution in [0, 0.1) is 0 Å². The van der Waals surface area contributed by atoms with Crippen molar-refractivity contribution < 1.29 is 42.8 Å². The molecular weight excluding hydrogens is 623 g/mol. The molecule has 0 saturated heterocycles. The quantitative estimate of drug-likeness (QED) is 0.112. The van der Waals surface area contributed by atoms with Gasteiger partial charge in [-0.2, -0.15) is 0 Å². The van der Waals surface area contributed by atoms with Crippen molar-refractivity contribution in [2.24, 2.45) is 7.05 Å². The third-order valence-corrected chi connectivity index (χ3v) is 7.11. The smallest absolute Gasteiger partial charge is 0.257 e. The van der Waals surface area contributed by atoms with Gasteiger partial charge in [-0.05, 0) is 30.5 Å². The lowest BCUT2D eigenvalue weighted by Crippen LogP contribution is -3.00. The van der Waals surface area contributed by atoms with Crippen LogP contribution in [0.25, 0.3) is 0 Å². The number of nitrogens with zero attached hydrogens (tertiary/aromatic N) is 1. The molecule has 0 aliphatic carbocycles. The highest BCUT2D eigenvalue weighted by Gasteiger charge is 2.08. The molecule has 2 rings (SSSR count). The number of amides is 1. The van der Waals surface area contributed by atoms with Gasteiger partial charge in [0.05, 0.1) is 11.6 Å². The van der Waals surface area contributed by atoms with Crippen LogP contribution in [0.4, 0.5) is 0 Å². The number of hydrogen-bond donors (Lipinski definition) is 1. The molecular formula is C32H50ClIN2O3. The van der Waals surface area contributed by atoms with Gasteiger partial charge in [0, 0.05) is 24.7 Å². The molecule has 5 nitrogen and oxygen atoms in total. The maximum absolute atomic E-state index is 12.1. The van der Waals surface area contributed by atoms with Crippen molar-refractivity contribution >= 4 is 17.5 Å². The number of ether oxygens (including phenoxy) is 2. The van der Waals surface area contributed by atoms with Gasteiger partial charge in [0.1, 0.15) is 18.5 Å². The van der Waals surface area contributed by atoms with Gasteiger partial charge in [-0.3, -0.25) is 4.79 Å². The molecule has 0 atom stereocenters. The summed E-state index contributed by atoms with van der Waals surface area (Å²) < 4.78 is 13.4. The molecule has 1 N–H and O–H groups in total. The molecule has 0 aliphatic rings. The van der Waals surface area contributed by atoms with Crippen molar-refractivity contribution in [3.8, 4) is 11.5 Å². The van der Waals surface area contributed by atoms with E-state index in [4.69, 9.17) is 21.1 Å². The average Bonchev–Trinajstić information content (AvgIpc) is 2.91. The first-order valence-electron chi connectivity index (χ1n) is 14.8. The van der Waals surface area contributed by atoms with Crippen molar-refractivity contribution in [3.05, 3.63) is 53.3 Å². The van der Waals surface area contributed by atoms with Gasteiger partial charge < -0.3 is 38.8 Å². The Morgan fingerprint density at radius 1 is 0.821 bits per heavy atom. The number of aromatic nitrogens is 1. The van der Waals surface area contributed by atoms with Crippen molar-refractivity contribution in [1.82, 2.24) is 5.32 Å². The molecule has 2 aromatic rings. The molecule has 7 heteroatoms. The summed E-state index contributed by atoms with van der Waals surface area (Å²) in [6.45, 7) is 3.47. The first-order valence-corrected chi connectivity index (χ1v) is 15.2. The van der Waals surface area contributed by atoms with E-state index in [-0.39, 0.29) is 36.5 Å². The largest absolute Gasteiger partial charge is 1.00 e. The number of pyridine rings is 1. The molecule has 1 aromatic carbocycles. The van der Waals surface area contributed by atoms with E-state index < -0.39 is 0 Å². The molecule has 0 unspecified atom stereocenters. The predicted octanol–water partition coefficient (Wildman–Crippen LogP) is 4.77. The Balaban J connectivity index is 0.00000760. The molecule has 0 fully saturated rings. The lowest BCUT2D eigenvalue weighted by Gasteiger charge is -2.11. The van der Waals surface area contributed by atoms with Crippen LogP contribution in [-0.2, 0) is 18.3 Å². The van der Waals surface area contributed by atoms with Crippen LogP contribution in [0.15, 0.2) is 42.7 Å². The standard InChI is InChI=1S/C32H49ClN2O3.HI/c1-3-4-5-6-7-8-9-10-11-12-13-14-15-16-25-37-29-17-18-31(30(33)26-29)38-27-32(36)34-22-19-28-20-23-35(2)24-21-28;/h17-18,20-21,23-24,26H,3-16,19,22,25,27H2,1-2H3;1H. The van der Waals surface area contributed by atoms with Crippen molar-refractivity contribution in [2.75, 3.05) is 19.8 Å². The van der Waals surface area contributed by atoms with E-state index in [9.17, 15) is 4.79 Å². The Morgan fingerprint density at radius 2 is 1.38 bits per heavy atom. The molecule has 39 heavy (non-hydrogen) atoms. The zero-order valence-corrected chi connectivity index (χ0v) is 27.1. The number of carbonyl (C=O) groups is 1. The first-order chi connectivity index (χ1) is 18.6. The Bertz CT molecular complexity index is 895. The topological polar surface area (TPSA) is 51.4 Å². The minimum absolute atomic E-state index is 0. The predicted molar refractivity (Wildman–Crippen MR) is 157 cm³/mol. The van der Waals surface area contributed by atoms with Gasteiger partial charge >= 0.3 is 0 Å². The maximum Gasteiger partial charge on any atom is 0.257 e. The molecule has 0 bridgehead atoms. The van der Waals surface area contributed by atoms with Crippen LogP contribution < -0.4 is 43.3 Å². The van der Waals surface area contributed by atoms with E-state index in [2.05, 4.69) is 12.2 Å². The highest BCUT2D eigenvalue weighted by Crippen LogP contribution is 2.29.